The maximum Gasteiger partial charge on any atom is 0.352 e. The summed E-state index contributed by atoms with van der Waals surface area (Å²) < 4.78 is 11.0. The van der Waals surface area contributed by atoms with Crippen molar-refractivity contribution in [2.45, 2.75) is 40.2 Å². The first-order valence-electron chi connectivity index (χ1n) is 10.3. The lowest BCUT2D eigenvalue weighted by molar-refractivity contribution is -0.141. The maximum atomic E-state index is 12.5. The molecule has 0 aliphatic rings. The normalized spacial score (nSPS) is 11.5. The van der Waals surface area contributed by atoms with Crippen molar-refractivity contribution in [2.24, 2.45) is 0 Å². The van der Waals surface area contributed by atoms with Crippen molar-refractivity contribution in [3.05, 3.63) is 89.0 Å². The first-order valence-corrected chi connectivity index (χ1v) is 10.3. The SMILES string of the molecule is CCc1ccc(OC(C)C(=O)Oc2ccc(C(=O)Nc3ccc(C)cc3C)cc2)cc1. The van der Waals surface area contributed by atoms with E-state index in [4.69, 9.17) is 9.47 Å². The fourth-order valence-corrected chi connectivity index (χ4v) is 3.08. The van der Waals surface area contributed by atoms with Gasteiger partial charge in [-0.1, -0.05) is 36.8 Å². The molecular formula is C26H27NO4. The number of nitrogens with one attached hydrogen (secondary N) is 1. The van der Waals surface area contributed by atoms with E-state index in [1.165, 1.54) is 5.56 Å². The molecule has 0 aromatic heterocycles. The van der Waals surface area contributed by atoms with E-state index >= 15 is 0 Å². The van der Waals surface area contributed by atoms with Crippen LogP contribution in [0.25, 0.3) is 0 Å². The van der Waals surface area contributed by atoms with Crippen molar-refractivity contribution in [3.63, 3.8) is 0 Å². The van der Waals surface area contributed by atoms with Crippen molar-refractivity contribution in [3.8, 4) is 11.5 Å². The van der Waals surface area contributed by atoms with Crippen LogP contribution in [0.15, 0.2) is 66.7 Å². The van der Waals surface area contributed by atoms with Crippen LogP contribution in [0.2, 0.25) is 0 Å². The Morgan fingerprint density at radius 2 is 1.55 bits per heavy atom. The first-order chi connectivity index (χ1) is 14.9. The van der Waals surface area contributed by atoms with Crippen LogP contribution >= 0.6 is 0 Å². The molecule has 1 N–H and O–H groups in total. The Morgan fingerprint density at radius 3 is 2.16 bits per heavy atom. The molecule has 3 aromatic carbocycles. The van der Waals surface area contributed by atoms with Gasteiger partial charge in [-0.2, -0.15) is 0 Å². The molecule has 0 fully saturated rings. The van der Waals surface area contributed by atoms with E-state index in [1.54, 1.807) is 31.2 Å². The molecule has 1 unspecified atom stereocenters. The van der Waals surface area contributed by atoms with Gasteiger partial charge in [0.2, 0.25) is 0 Å². The van der Waals surface area contributed by atoms with Gasteiger partial charge in [-0.15, -0.1) is 0 Å². The van der Waals surface area contributed by atoms with Gasteiger partial charge in [0.15, 0.2) is 6.10 Å². The molecule has 0 aliphatic heterocycles. The predicted molar refractivity (Wildman–Crippen MR) is 122 cm³/mol. The van der Waals surface area contributed by atoms with Crippen molar-refractivity contribution in [1.29, 1.82) is 0 Å². The molecule has 3 aromatic rings. The van der Waals surface area contributed by atoms with Crippen LogP contribution in [0.4, 0.5) is 5.69 Å². The Kier molecular flexibility index (Phi) is 7.08. The van der Waals surface area contributed by atoms with Crippen molar-refractivity contribution < 1.29 is 19.1 Å². The zero-order valence-electron chi connectivity index (χ0n) is 18.3. The molecule has 0 aliphatic carbocycles. The molecule has 1 amide bonds. The van der Waals surface area contributed by atoms with E-state index in [0.29, 0.717) is 17.1 Å². The summed E-state index contributed by atoms with van der Waals surface area (Å²) in [6.07, 6.45) is 0.177. The van der Waals surface area contributed by atoms with E-state index in [1.807, 2.05) is 56.3 Å². The highest BCUT2D eigenvalue weighted by atomic mass is 16.6. The number of carbonyl (C=O) groups excluding carboxylic acids is 2. The Bertz CT molecular complexity index is 1060. The highest BCUT2D eigenvalue weighted by Gasteiger charge is 2.18. The number of rotatable bonds is 7. The Hall–Kier alpha value is -3.60. The highest BCUT2D eigenvalue weighted by molar-refractivity contribution is 6.04. The lowest BCUT2D eigenvalue weighted by Crippen LogP contribution is -2.28. The first kappa shape index (κ1) is 22.1. The summed E-state index contributed by atoms with van der Waals surface area (Å²) in [5.41, 5.74) is 4.57. The third-order valence-electron chi connectivity index (χ3n) is 4.94. The number of hydrogen-bond donors (Lipinski definition) is 1. The second-order valence-corrected chi connectivity index (χ2v) is 7.48. The molecule has 5 nitrogen and oxygen atoms in total. The number of carbonyl (C=O) groups is 2. The third kappa shape index (κ3) is 5.95. The molecule has 1 atom stereocenters. The lowest BCUT2D eigenvalue weighted by Gasteiger charge is -2.14. The van der Waals surface area contributed by atoms with Gasteiger partial charge in [0, 0.05) is 11.3 Å². The van der Waals surface area contributed by atoms with Gasteiger partial charge in [0.1, 0.15) is 11.5 Å². The Balaban J connectivity index is 1.57. The van der Waals surface area contributed by atoms with Crippen LogP contribution in [0.5, 0.6) is 11.5 Å². The summed E-state index contributed by atoms with van der Waals surface area (Å²) in [6, 6.07) is 19.9. The molecule has 0 spiro atoms. The highest BCUT2D eigenvalue weighted by Crippen LogP contribution is 2.19. The molecule has 3 rings (SSSR count). The van der Waals surface area contributed by atoms with Crippen LogP contribution in [0, 0.1) is 13.8 Å². The summed E-state index contributed by atoms with van der Waals surface area (Å²) in [5.74, 6) is 0.231. The van der Waals surface area contributed by atoms with Crippen LogP contribution in [0.1, 0.15) is 40.9 Å². The second-order valence-electron chi connectivity index (χ2n) is 7.48. The van der Waals surface area contributed by atoms with Gasteiger partial charge in [0.25, 0.3) is 5.91 Å². The van der Waals surface area contributed by atoms with Gasteiger partial charge in [0.05, 0.1) is 0 Å². The number of hydrogen-bond acceptors (Lipinski definition) is 4. The van der Waals surface area contributed by atoms with Gasteiger partial charge >= 0.3 is 5.97 Å². The minimum absolute atomic E-state index is 0.225. The quantitative estimate of drug-likeness (QED) is 0.408. The maximum absolute atomic E-state index is 12.5. The zero-order chi connectivity index (χ0) is 22.4. The van der Waals surface area contributed by atoms with Crippen molar-refractivity contribution in [1.82, 2.24) is 0 Å². The van der Waals surface area contributed by atoms with E-state index in [9.17, 15) is 9.59 Å². The van der Waals surface area contributed by atoms with Gasteiger partial charge in [-0.25, -0.2) is 4.79 Å². The largest absolute Gasteiger partial charge is 0.479 e. The topological polar surface area (TPSA) is 64.6 Å². The number of benzene rings is 3. The molecule has 0 heterocycles. The molecular weight excluding hydrogens is 390 g/mol. The third-order valence-corrected chi connectivity index (χ3v) is 4.94. The molecule has 160 valence electrons. The summed E-state index contributed by atoms with van der Waals surface area (Å²) >= 11 is 0. The van der Waals surface area contributed by atoms with Gasteiger partial charge in [-0.05, 0) is 80.8 Å². The smallest absolute Gasteiger partial charge is 0.352 e. The van der Waals surface area contributed by atoms with E-state index < -0.39 is 12.1 Å². The van der Waals surface area contributed by atoms with Crippen LogP contribution in [0.3, 0.4) is 0 Å². The minimum atomic E-state index is -0.764. The van der Waals surface area contributed by atoms with Crippen LogP contribution in [-0.2, 0) is 11.2 Å². The molecule has 0 radical (unpaired) electrons. The van der Waals surface area contributed by atoms with Crippen molar-refractivity contribution >= 4 is 17.6 Å². The minimum Gasteiger partial charge on any atom is -0.479 e. The van der Waals surface area contributed by atoms with Gasteiger partial charge < -0.3 is 14.8 Å². The number of anilines is 1. The molecule has 5 heteroatoms. The van der Waals surface area contributed by atoms with Gasteiger partial charge in [-0.3, -0.25) is 4.79 Å². The average Bonchev–Trinajstić information content (AvgIpc) is 2.76. The average molecular weight is 418 g/mol. The van der Waals surface area contributed by atoms with Crippen LogP contribution < -0.4 is 14.8 Å². The fraction of sp³-hybridized carbons (Fsp3) is 0.231. The monoisotopic (exact) mass is 417 g/mol. The fourth-order valence-electron chi connectivity index (χ4n) is 3.08. The van der Waals surface area contributed by atoms with Crippen LogP contribution in [-0.4, -0.2) is 18.0 Å². The molecule has 31 heavy (non-hydrogen) atoms. The Morgan fingerprint density at radius 1 is 0.903 bits per heavy atom. The van der Waals surface area contributed by atoms with E-state index in [2.05, 4.69) is 12.2 Å². The van der Waals surface area contributed by atoms with E-state index in [-0.39, 0.29) is 5.91 Å². The summed E-state index contributed by atoms with van der Waals surface area (Å²) in [5, 5.41) is 2.90. The summed E-state index contributed by atoms with van der Waals surface area (Å²) in [4.78, 5) is 24.8. The summed E-state index contributed by atoms with van der Waals surface area (Å²) in [7, 11) is 0. The molecule has 0 saturated heterocycles. The zero-order valence-corrected chi connectivity index (χ0v) is 18.3. The number of amides is 1. The number of aryl methyl sites for hydroxylation is 3. The molecule has 0 bridgehead atoms. The standard InChI is InChI=1S/C26H27NO4/c1-5-20-7-11-22(12-8-20)30-19(4)26(29)31-23-13-9-21(10-14-23)25(28)27-24-15-6-17(2)16-18(24)3/h6-16,19H,5H2,1-4H3,(H,27,28). The van der Waals surface area contributed by atoms with E-state index in [0.717, 1.165) is 23.2 Å². The van der Waals surface area contributed by atoms with Crippen molar-refractivity contribution in [2.75, 3.05) is 5.32 Å². The Labute approximate surface area is 183 Å². The lowest BCUT2D eigenvalue weighted by atomic mass is 10.1. The summed E-state index contributed by atoms with van der Waals surface area (Å²) in [6.45, 7) is 7.68. The predicted octanol–water partition coefficient (Wildman–Crippen LogP) is 5.49. The molecule has 0 saturated carbocycles. The number of esters is 1. The second kappa shape index (κ2) is 9.94. The number of ether oxygens (including phenoxy) is 2.